The van der Waals surface area contributed by atoms with Gasteiger partial charge in [-0.1, -0.05) is 53.5 Å². The molecule has 0 unspecified atom stereocenters. The van der Waals surface area contributed by atoms with Crippen LogP contribution in [0.4, 0.5) is 4.79 Å². The van der Waals surface area contributed by atoms with E-state index < -0.39 is 5.60 Å². The fraction of sp³-hybridized carbons (Fsp3) is 0.381. The summed E-state index contributed by atoms with van der Waals surface area (Å²) >= 11 is 12.2. The van der Waals surface area contributed by atoms with Gasteiger partial charge in [0.25, 0.3) is 0 Å². The van der Waals surface area contributed by atoms with Gasteiger partial charge in [-0.25, -0.2) is 4.79 Å². The van der Waals surface area contributed by atoms with Gasteiger partial charge in [-0.3, -0.25) is 0 Å². The Bertz CT molecular complexity index is 814. The summed E-state index contributed by atoms with van der Waals surface area (Å²) in [6, 6.07) is 14.0. The molecule has 138 valence electrons. The van der Waals surface area contributed by atoms with Crippen LogP contribution >= 0.6 is 23.2 Å². The zero-order valence-corrected chi connectivity index (χ0v) is 16.7. The smallest absolute Gasteiger partial charge is 0.407 e. The minimum Gasteiger partial charge on any atom is -0.444 e. The lowest BCUT2D eigenvalue weighted by Crippen LogP contribution is -2.41. The van der Waals surface area contributed by atoms with Gasteiger partial charge in [0, 0.05) is 12.0 Å². The van der Waals surface area contributed by atoms with Crippen molar-refractivity contribution in [2.75, 3.05) is 0 Å². The molecule has 1 amide bonds. The number of rotatable bonds is 3. The number of carbonyl (C=O) groups is 1. The summed E-state index contributed by atoms with van der Waals surface area (Å²) in [5.74, 6) is 0.163. The van der Waals surface area contributed by atoms with Crippen LogP contribution in [0.3, 0.4) is 0 Å². The average molecular weight is 392 g/mol. The second kappa shape index (κ2) is 7.50. The van der Waals surface area contributed by atoms with Crippen molar-refractivity contribution < 1.29 is 9.53 Å². The topological polar surface area (TPSA) is 38.3 Å². The van der Waals surface area contributed by atoms with E-state index in [4.69, 9.17) is 27.9 Å². The van der Waals surface area contributed by atoms with Crippen molar-refractivity contribution in [3.8, 4) is 0 Å². The number of ether oxygens (including phenoxy) is 1. The molecule has 1 N–H and O–H groups in total. The predicted molar refractivity (Wildman–Crippen MR) is 106 cm³/mol. The molecule has 0 saturated carbocycles. The van der Waals surface area contributed by atoms with Crippen LogP contribution in [0, 0.1) is 0 Å². The summed E-state index contributed by atoms with van der Waals surface area (Å²) in [7, 11) is 0. The molecule has 0 saturated heterocycles. The van der Waals surface area contributed by atoms with E-state index in [1.807, 2.05) is 51.1 Å². The van der Waals surface area contributed by atoms with E-state index in [9.17, 15) is 4.79 Å². The SMILES string of the molecule is CC(C)(C)OC(=O)N[C@@H]1Cc2ccccc2[C@@H]1Cc1ccc(Cl)c(Cl)c1. The lowest BCUT2D eigenvalue weighted by atomic mass is 9.91. The molecule has 0 fully saturated rings. The van der Waals surface area contributed by atoms with Gasteiger partial charge in [0.05, 0.1) is 10.0 Å². The summed E-state index contributed by atoms with van der Waals surface area (Å²) in [5.41, 5.74) is 3.10. The molecule has 0 aliphatic heterocycles. The molecule has 0 radical (unpaired) electrons. The Labute approximate surface area is 164 Å². The van der Waals surface area contributed by atoms with Gasteiger partial charge in [0.2, 0.25) is 0 Å². The predicted octanol–water partition coefficient (Wildman–Crippen LogP) is 5.77. The van der Waals surface area contributed by atoms with Gasteiger partial charge < -0.3 is 10.1 Å². The van der Waals surface area contributed by atoms with Gasteiger partial charge in [0.15, 0.2) is 0 Å². The maximum Gasteiger partial charge on any atom is 0.407 e. The monoisotopic (exact) mass is 391 g/mol. The summed E-state index contributed by atoms with van der Waals surface area (Å²) in [5, 5.41) is 4.15. The third kappa shape index (κ3) is 4.52. The highest BCUT2D eigenvalue weighted by Gasteiger charge is 2.34. The minimum absolute atomic E-state index is 0.0169. The van der Waals surface area contributed by atoms with Gasteiger partial charge in [0.1, 0.15) is 5.60 Å². The number of amides is 1. The van der Waals surface area contributed by atoms with Crippen molar-refractivity contribution in [2.45, 2.75) is 51.2 Å². The number of carbonyl (C=O) groups excluding carboxylic acids is 1. The Morgan fingerprint density at radius 2 is 1.88 bits per heavy atom. The Morgan fingerprint density at radius 3 is 2.58 bits per heavy atom. The molecule has 5 heteroatoms. The van der Waals surface area contributed by atoms with Crippen molar-refractivity contribution in [2.24, 2.45) is 0 Å². The Balaban J connectivity index is 1.82. The van der Waals surface area contributed by atoms with Gasteiger partial charge >= 0.3 is 6.09 Å². The number of fused-ring (bicyclic) bond motifs is 1. The molecule has 3 nitrogen and oxygen atoms in total. The Hall–Kier alpha value is -1.71. The van der Waals surface area contributed by atoms with Crippen LogP contribution in [-0.4, -0.2) is 17.7 Å². The second-order valence-electron chi connectivity index (χ2n) is 7.71. The van der Waals surface area contributed by atoms with E-state index in [1.54, 1.807) is 0 Å². The normalized spacial score (nSPS) is 19.1. The lowest BCUT2D eigenvalue weighted by Gasteiger charge is -2.25. The number of halogens is 2. The summed E-state index contributed by atoms with van der Waals surface area (Å²) in [6.45, 7) is 5.59. The van der Waals surface area contributed by atoms with E-state index in [1.165, 1.54) is 11.1 Å². The van der Waals surface area contributed by atoms with Gasteiger partial charge in [-0.15, -0.1) is 0 Å². The first-order valence-corrected chi connectivity index (χ1v) is 9.50. The molecule has 0 heterocycles. The van der Waals surface area contributed by atoms with E-state index in [0.29, 0.717) is 10.0 Å². The molecule has 0 bridgehead atoms. The molecule has 26 heavy (non-hydrogen) atoms. The highest BCUT2D eigenvalue weighted by molar-refractivity contribution is 6.42. The van der Waals surface area contributed by atoms with E-state index in [2.05, 4.69) is 17.4 Å². The number of alkyl carbamates (subject to hydrolysis) is 1. The summed E-state index contributed by atoms with van der Waals surface area (Å²) in [6.07, 6.45) is 1.19. The molecule has 0 spiro atoms. The molecular formula is C21H23Cl2NO2. The van der Waals surface area contributed by atoms with Crippen LogP contribution in [-0.2, 0) is 17.6 Å². The number of benzene rings is 2. The van der Waals surface area contributed by atoms with Crippen LogP contribution in [0.1, 0.15) is 43.4 Å². The first kappa shape index (κ1) is 19.1. The van der Waals surface area contributed by atoms with Crippen molar-refractivity contribution >= 4 is 29.3 Å². The first-order chi connectivity index (χ1) is 12.2. The summed E-state index contributed by atoms with van der Waals surface area (Å²) < 4.78 is 5.44. The van der Waals surface area contributed by atoms with Gasteiger partial charge in [-0.05, 0) is 62.4 Å². The highest BCUT2D eigenvalue weighted by Crippen LogP contribution is 2.37. The fourth-order valence-corrected chi connectivity index (χ4v) is 3.78. The molecule has 2 aromatic carbocycles. The molecule has 3 rings (SSSR count). The standard InChI is InChI=1S/C21H23Cl2NO2/c1-21(2,3)26-20(25)24-19-12-14-6-4-5-7-15(14)16(19)10-13-8-9-17(22)18(23)11-13/h4-9,11,16,19H,10,12H2,1-3H3,(H,24,25)/t16-,19+/m0/s1. The van der Waals surface area contributed by atoms with E-state index in [0.717, 1.165) is 18.4 Å². The van der Waals surface area contributed by atoms with Crippen molar-refractivity contribution in [3.63, 3.8) is 0 Å². The Morgan fingerprint density at radius 1 is 1.15 bits per heavy atom. The largest absolute Gasteiger partial charge is 0.444 e. The maximum atomic E-state index is 12.3. The zero-order valence-electron chi connectivity index (χ0n) is 15.2. The minimum atomic E-state index is -0.519. The first-order valence-electron chi connectivity index (χ1n) is 8.74. The van der Waals surface area contributed by atoms with E-state index in [-0.39, 0.29) is 18.1 Å². The van der Waals surface area contributed by atoms with Gasteiger partial charge in [-0.2, -0.15) is 0 Å². The maximum absolute atomic E-state index is 12.3. The number of hydrogen-bond donors (Lipinski definition) is 1. The molecule has 2 atom stereocenters. The summed E-state index contributed by atoms with van der Waals surface area (Å²) in [4.78, 5) is 12.3. The van der Waals surface area contributed by atoms with Crippen LogP contribution in [0.15, 0.2) is 42.5 Å². The van der Waals surface area contributed by atoms with Crippen molar-refractivity contribution in [3.05, 3.63) is 69.2 Å². The Kier molecular flexibility index (Phi) is 5.50. The van der Waals surface area contributed by atoms with E-state index >= 15 is 0 Å². The number of nitrogens with one attached hydrogen (secondary N) is 1. The lowest BCUT2D eigenvalue weighted by molar-refractivity contribution is 0.0499. The molecular weight excluding hydrogens is 369 g/mol. The quantitative estimate of drug-likeness (QED) is 0.720. The van der Waals surface area contributed by atoms with Crippen LogP contribution in [0.5, 0.6) is 0 Å². The molecule has 1 aliphatic carbocycles. The third-order valence-electron chi connectivity index (χ3n) is 4.52. The molecule has 2 aromatic rings. The molecule has 1 aliphatic rings. The number of hydrogen-bond acceptors (Lipinski definition) is 2. The zero-order chi connectivity index (χ0) is 18.9. The second-order valence-corrected chi connectivity index (χ2v) is 8.53. The fourth-order valence-electron chi connectivity index (χ4n) is 3.46. The van der Waals surface area contributed by atoms with Crippen LogP contribution in [0.2, 0.25) is 10.0 Å². The van der Waals surface area contributed by atoms with Crippen LogP contribution in [0.25, 0.3) is 0 Å². The third-order valence-corrected chi connectivity index (χ3v) is 5.26. The highest BCUT2D eigenvalue weighted by atomic mass is 35.5. The van der Waals surface area contributed by atoms with Crippen LogP contribution < -0.4 is 5.32 Å². The molecule has 0 aromatic heterocycles. The van der Waals surface area contributed by atoms with Crippen molar-refractivity contribution in [1.82, 2.24) is 5.32 Å². The average Bonchev–Trinajstić information content (AvgIpc) is 2.86. The van der Waals surface area contributed by atoms with Crippen molar-refractivity contribution in [1.29, 1.82) is 0 Å².